The molecule has 1 atom stereocenters. The molecule has 2 aromatic heterocycles. The fraction of sp³-hybridized carbons (Fsp3) is 0.619. The van der Waals surface area contributed by atoms with E-state index in [0.29, 0.717) is 24.8 Å². The Hall–Kier alpha value is -2.28. The van der Waals surface area contributed by atoms with Gasteiger partial charge in [-0.25, -0.2) is 0 Å². The molecular weight excluding hydrogens is 354 g/mol. The zero-order valence-electron chi connectivity index (χ0n) is 16.6. The molecule has 2 aliphatic heterocycles. The number of hydrogen-bond acceptors (Lipinski definition) is 6. The van der Waals surface area contributed by atoms with Crippen molar-refractivity contribution in [2.24, 2.45) is 0 Å². The van der Waals surface area contributed by atoms with E-state index in [1.54, 1.807) is 12.4 Å². The monoisotopic (exact) mass is 383 g/mol. The van der Waals surface area contributed by atoms with Crippen LogP contribution in [-0.2, 0) is 10.2 Å². The van der Waals surface area contributed by atoms with Gasteiger partial charge in [0, 0.05) is 36.5 Å². The number of aromatic nitrogens is 3. The van der Waals surface area contributed by atoms with Crippen molar-refractivity contribution in [3.63, 3.8) is 0 Å². The highest BCUT2D eigenvalue weighted by atomic mass is 16.5. The maximum atomic E-state index is 12.9. The first-order valence-corrected chi connectivity index (χ1v) is 10.4. The maximum Gasteiger partial charge on any atom is 0.258 e. The summed E-state index contributed by atoms with van der Waals surface area (Å²) in [5.74, 6) is 1.42. The molecule has 1 unspecified atom stereocenters. The van der Waals surface area contributed by atoms with E-state index in [1.807, 2.05) is 17.0 Å². The van der Waals surface area contributed by atoms with Gasteiger partial charge in [-0.15, -0.1) is 0 Å². The Morgan fingerprint density at radius 1 is 1.11 bits per heavy atom. The van der Waals surface area contributed by atoms with Gasteiger partial charge in [0.05, 0.1) is 6.54 Å². The van der Waals surface area contributed by atoms with E-state index >= 15 is 0 Å². The molecule has 4 heterocycles. The number of carbonyl (C=O) groups is 1. The average Bonchev–Trinajstić information content (AvgIpc) is 3.09. The topological polar surface area (TPSA) is 75.4 Å². The summed E-state index contributed by atoms with van der Waals surface area (Å²) >= 11 is 0. The second-order valence-electron chi connectivity index (χ2n) is 8.33. The summed E-state index contributed by atoms with van der Waals surface area (Å²) in [5.41, 5.74) is 0.587. The van der Waals surface area contributed by atoms with Gasteiger partial charge in [0.25, 0.3) is 5.89 Å². The van der Waals surface area contributed by atoms with E-state index in [0.717, 1.165) is 38.0 Å². The van der Waals surface area contributed by atoms with Gasteiger partial charge in [-0.2, -0.15) is 4.98 Å². The number of hydrogen-bond donors (Lipinski definition) is 0. The molecule has 0 N–H and O–H groups in total. The highest BCUT2D eigenvalue weighted by Gasteiger charge is 2.38. The molecule has 0 radical (unpaired) electrons. The van der Waals surface area contributed by atoms with Crippen molar-refractivity contribution in [3.8, 4) is 11.5 Å². The molecule has 7 heteroatoms. The molecule has 0 bridgehead atoms. The lowest BCUT2D eigenvalue weighted by molar-refractivity contribution is -0.134. The maximum absolute atomic E-state index is 12.9. The van der Waals surface area contributed by atoms with Crippen molar-refractivity contribution in [2.75, 3.05) is 32.7 Å². The molecule has 1 amide bonds. The molecular formula is C21H29N5O2. The van der Waals surface area contributed by atoms with Gasteiger partial charge in [-0.3, -0.25) is 14.7 Å². The first-order chi connectivity index (χ1) is 13.6. The highest BCUT2D eigenvalue weighted by Crippen LogP contribution is 2.33. The third-order valence-electron chi connectivity index (χ3n) is 6.00. The Bertz CT molecular complexity index is 785. The summed E-state index contributed by atoms with van der Waals surface area (Å²) in [6.07, 6.45) is 10.3. The van der Waals surface area contributed by atoms with Gasteiger partial charge in [0.15, 0.2) is 5.82 Å². The predicted octanol–water partition coefficient (Wildman–Crippen LogP) is 2.89. The van der Waals surface area contributed by atoms with Gasteiger partial charge in [-0.05, 0) is 50.9 Å². The quantitative estimate of drug-likeness (QED) is 0.808. The van der Waals surface area contributed by atoms with E-state index in [1.165, 1.54) is 25.7 Å². The van der Waals surface area contributed by atoms with Crippen molar-refractivity contribution in [3.05, 3.63) is 30.4 Å². The number of carbonyl (C=O) groups excluding carboxylic acids is 1. The van der Waals surface area contributed by atoms with E-state index < -0.39 is 0 Å². The largest absolute Gasteiger partial charge is 0.341 e. The smallest absolute Gasteiger partial charge is 0.258 e. The fourth-order valence-electron chi connectivity index (χ4n) is 4.30. The van der Waals surface area contributed by atoms with Crippen LogP contribution in [0.5, 0.6) is 0 Å². The Morgan fingerprint density at radius 3 is 2.61 bits per heavy atom. The highest BCUT2D eigenvalue weighted by molar-refractivity contribution is 5.78. The van der Waals surface area contributed by atoms with E-state index in [9.17, 15) is 4.79 Å². The second-order valence-corrected chi connectivity index (χ2v) is 8.33. The van der Waals surface area contributed by atoms with Crippen molar-refractivity contribution in [1.29, 1.82) is 0 Å². The van der Waals surface area contributed by atoms with Crippen LogP contribution in [0.3, 0.4) is 0 Å². The van der Waals surface area contributed by atoms with Crippen molar-refractivity contribution in [1.82, 2.24) is 24.9 Å². The first-order valence-electron chi connectivity index (χ1n) is 10.4. The van der Waals surface area contributed by atoms with Gasteiger partial charge < -0.3 is 9.42 Å². The van der Waals surface area contributed by atoms with Crippen LogP contribution in [0.15, 0.2) is 29.0 Å². The van der Waals surface area contributed by atoms with Crippen LogP contribution >= 0.6 is 0 Å². The molecule has 0 spiro atoms. The normalized spacial score (nSPS) is 24.1. The molecule has 28 heavy (non-hydrogen) atoms. The lowest BCUT2D eigenvalue weighted by Crippen LogP contribution is -2.50. The third-order valence-corrected chi connectivity index (χ3v) is 6.00. The summed E-state index contributed by atoms with van der Waals surface area (Å²) < 4.78 is 5.50. The minimum atomic E-state index is -0.276. The van der Waals surface area contributed by atoms with Crippen LogP contribution in [0, 0.1) is 0 Å². The average molecular weight is 383 g/mol. The zero-order chi connectivity index (χ0) is 19.4. The minimum absolute atomic E-state index is 0.227. The third kappa shape index (κ3) is 4.24. The minimum Gasteiger partial charge on any atom is -0.341 e. The SMILES string of the molecule is CC1(c2noc(-c3ccncc3)n2)CCCN(C(=O)CN2CCCCCC2)C1. The Labute approximate surface area is 166 Å². The molecule has 2 aliphatic rings. The van der Waals surface area contributed by atoms with E-state index in [4.69, 9.17) is 4.52 Å². The van der Waals surface area contributed by atoms with Crippen LogP contribution in [0.2, 0.25) is 0 Å². The van der Waals surface area contributed by atoms with Crippen LogP contribution < -0.4 is 0 Å². The molecule has 2 fully saturated rings. The number of pyridine rings is 1. The number of piperidine rings is 1. The number of nitrogens with zero attached hydrogens (tertiary/aromatic N) is 5. The van der Waals surface area contributed by atoms with Crippen molar-refractivity contribution in [2.45, 2.75) is 50.9 Å². The fourth-order valence-corrected chi connectivity index (χ4v) is 4.30. The van der Waals surface area contributed by atoms with Gasteiger partial charge in [-0.1, -0.05) is 24.9 Å². The van der Waals surface area contributed by atoms with E-state index in [-0.39, 0.29) is 11.3 Å². The predicted molar refractivity (Wildman–Crippen MR) is 106 cm³/mol. The Morgan fingerprint density at radius 2 is 1.86 bits per heavy atom. The molecule has 0 saturated carbocycles. The summed E-state index contributed by atoms with van der Waals surface area (Å²) in [6.45, 7) is 6.21. The summed E-state index contributed by atoms with van der Waals surface area (Å²) in [4.78, 5) is 25.9. The second kappa shape index (κ2) is 8.39. The lowest BCUT2D eigenvalue weighted by Gasteiger charge is -2.39. The summed E-state index contributed by atoms with van der Waals surface area (Å²) in [5, 5.41) is 4.25. The molecule has 0 aromatic carbocycles. The van der Waals surface area contributed by atoms with Gasteiger partial charge >= 0.3 is 0 Å². The van der Waals surface area contributed by atoms with Crippen LogP contribution in [0.1, 0.15) is 51.3 Å². The van der Waals surface area contributed by atoms with Crippen LogP contribution in [0.25, 0.3) is 11.5 Å². The molecule has 150 valence electrons. The lowest BCUT2D eigenvalue weighted by atomic mass is 9.81. The molecule has 7 nitrogen and oxygen atoms in total. The number of likely N-dealkylation sites (tertiary alicyclic amines) is 2. The molecule has 2 aromatic rings. The van der Waals surface area contributed by atoms with Crippen molar-refractivity contribution < 1.29 is 9.32 Å². The standard InChI is InChI=1S/C21H29N5O2/c1-21(20-23-19(28-24-20)17-7-10-22-11-8-17)9-6-14-26(16-21)18(27)15-25-12-4-2-3-5-13-25/h7-8,10-11H,2-6,9,12-16H2,1H3. The van der Waals surface area contributed by atoms with Gasteiger partial charge in [0.2, 0.25) is 5.91 Å². The molecule has 0 aliphatic carbocycles. The first kappa shape index (κ1) is 19.1. The van der Waals surface area contributed by atoms with Gasteiger partial charge in [0.1, 0.15) is 0 Å². The van der Waals surface area contributed by atoms with E-state index in [2.05, 4.69) is 26.9 Å². The summed E-state index contributed by atoms with van der Waals surface area (Å²) in [7, 11) is 0. The zero-order valence-corrected chi connectivity index (χ0v) is 16.6. The van der Waals surface area contributed by atoms with Crippen LogP contribution in [-0.4, -0.2) is 63.6 Å². The summed E-state index contributed by atoms with van der Waals surface area (Å²) in [6, 6.07) is 3.72. The van der Waals surface area contributed by atoms with Crippen molar-refractivity contribution >= 4 is 5.91 Å². The molecule has 2 saturated heterocycles. The molecule has 4 rings (SSSR count). The Kier molecular flexibility index (Phi) is 5.71. The Balaban J connectivity index is 1.43. The number of amides is 1. The number of rotatable bonds is 4. The van der Waals surface area contributed by atoms with Crippen LogP contribution in [0.4, 0.5) is 0 Å².